The van der Waals surface area contributed by atoms with E-state index in [-0.39, 0.29) is 50.2 Å². The van der Waals surface area contributed by atoms with Crippen LogP contribution < -0.4 is 34.4 Å². The molecule has 5 rings (SSSR count). The smallest absolute Gasteiger partial charge is 0.423 e. The fourth-order valence-electron chi connectivity index (χ4n) is 6.67. The molecule has 60 heavy (non-hydrogen) atoms. The lowest BCUT2D eigenvalue weighted by Crippen LogP contribution is -2.48. The number of piperidine rings is 1. The van der Waals surface area contributed by atoms with Gasteiger partial charge in [0.15, 0.2) is 0 Å². The van der Waals surface area contributed by atoms with Gasteiger partial charge in [0.05, 0.1) is 25.6 Å². The number of nitrogens with zero attached hydrogens (tertiary/aromatic N) is 7. The fraction of sp³-hybridized carbons (Fsp3) is 0.476. The molecular formula is C42H54Cl2N8O8. The summed E-state index contributed by atoms with van der Waals surface area (Å²) < 4.78 is 22.3. The van der Waals surface area contributed by atoms with Gasteiger partial charge in [-0.3, -0.25) is 9.69 Å². The first-order valence-electron chi connectivity index (χ1n) is 19.5. The zero-order valence-corrected chi connectivity index (χ0v) is 37.3. The lowest BCUT2D eigenvalue weighted by atomic mass is 10.0. The highest BCUT2D eigenvalue weighted by atomic mass is 35.5. The predicted molar refractivity (Wildman–Crippen MR) is 234 cm³/mol. The van der Waals surface area contributed by atoms with Gasteiger partial charge in [-0.1, -0.05) is 29.8 Å². The van der Waals surface area contributed by atoms with E-state index in [0.29, 0.717) is 17.0 Å². The molecule has 16 nitrogen and oxygen atoms in total. The van der Waals surface area contributed by atoms with Gasteiger partial charge in [0, 0.05) is 50.0 Å². The molecule has 0 spiro atoms. The molecule has 2 heterocycles. The Labute approximate surface area is 361 Å². The van der Waals surface area contributed by atoms with Crippen LogP contribution in [0.15, 0.2) is 49.3 Å². The van der Waals surface area contributed by atoms with E-state index in [9.17, 15) is 19.2 Å². The minimum atomic E-state index is -1.12. The number of urea groups is 1. The van der Waals surface area contributed by atoms with E-state index in [2.05, 4.69) is 38.7 Å². The van der Waals surface area contributed by atoms with Crippen molar-refractivity contribution >= 4 is 81.7 Å². The molecule has 0 bridgehead atoms. The number of nitrogens with one attached hydrogen (secondary N) is 1. The highest BCUT2D eigenvalue weighted by Gasteiger charge is 2.38. The molecule has 2 aliphatic rings. The second kappa shape index (κ2) is 18.5. The zero-order chi connectivity index (χ0) is 44.3. The molecule has 18 heteroatoms. The third-order valence-corrected chi connectivity index (χ3v) is 10.5. The maximum Gasteiger partial charge on any atom is 0.423 e. The number of rotatable bonds is 11. The molecule has 0 radical (unpaired) electrons. The number of imide groups is 1. The Bertz CT molecular complexity index is 2080. The summed E-state index contributed by atoms with van der Waals surface area (Å²) >= 11 is 13.4. The van der Waals surface area contributed by atoms with Crippen LogP contribution in [-0.4, -0.2) is 104 Å². The number of aromatic nitrogens is 2. The predicted octanol–water partition coefficient (Wildman–Crippen LogP) is 9.06. The number of ether oxygens (including phenoxy) is 4. The number of amides is 5. The molecule has 5 amide bonds. The van der Waals surface area contributed by atoms with Crippen LogP contribution in [0, 0.1) is 0 Å². The first-order chi connectivity index (χ1) is 28.2. The van der Waals surface area contributed by atoms with Crippen LogP contribution >= 0.6 is 23.2 Å². The Morgan fingerprint density at radius 3 is 1.90 bits per heavy atom. The lowest BCUT2D eigenvalue weighted by molar-refractivity contribution is -0.111. The first-order valence-corrected chi connectivity index (χ1v) is 20.2. The van der Waals surface area contributed by atoms with Crippen molar-refractivity contribution in [3.8, 4) is 11.5 Å². The van der Waals surface area contributed by atoms with Gasteiger partial charge in [-0.15, -0.1) is 0 Å². The maximum absolute atomic E-state index is 14.6. The van der Waals surface area contributed by atoms with E-state index >= 15 is 0 Å². The van der Waals surface area contributed by atoms with Gasteiger partial charge in [-0.25, -0.2) is 29.3 Å². The van der Waals surface area contributed by atoms with E-state index in [4.69, 9.17) is 42.1 Å². The van der Waals surface area contributed by atoms with Crippen molar-refractivity contribution in [3.63, 3.8) is 0 Å². The van der Waals surface area contributed by atoms with Crippen molar-refractivity contribution in [2.75, 3.05) is 66.3 Å². The van der Waals surface area contributed by atoms with Crippen molar-refractivity contribution in [2.45, 2.75) is 90.5 Å². The van der Waals surface area contributed by atoms with E-state index in [1.165, 1.54) is 51.1 Å². The summed E-state index contributed by atoms with van der Waals surface area (Å²) in [6.07, 6.45) is 4.75. The monoisotopic (exact) mass is 868 g/mol. The Morgan fingerprint density at radius 2 is 1.37 bits per heavy atom. The van der Waals surface area contributed by atoms with Crippen LogP contribution in [0.3, 0.4) is 0 Å². The van der Waals surface area contributed by atoms with Gasteiger partial charge >= 0.3 is 18.2 Å². The molecule has 324 valence electrons. The molecule has 1 aromatic heterocycles. The highest BCUT2D eigenvalue weighted by Crippen LogP contribution is 2.47. The Hall–Kier alpha value is -5.32. The van der Waals surface area contributed by atoms with Crippen molar-refractivity contribution in [3.05, 3.63) is 59.4 Å². The summed E-state index contributed by atoms with van der Waals surface area (Å²) in [7, 11) is 6.25. The molecule has 1 saturated carbocycles. The minimum Gasteiger partial charge on any atom is -0.495 e. The normalized spacial score (nSPS) is 14.6. The number of hydrogen-bond donors (Lipinski definition) is 1. The SMILES string of the molecule is C=CC(=O)Nc1cc(N2CCC(N(C)C3CC3)CC2)ccc1N(C(=O)OC(C)(C)C)c1cc(N(C)C(=O)N(C(=O)OC(C)(C)C)c2c(Cl)c(OC)cc(OC)c2Cl)ncn1. The summed E-state index contributed by atoms with van der Waals surface area (Å²) in [6.45, 7) is 15.3. The number of hydrogen-bond acceptors (Lipinski definition) is 12. The minimum absolute atomic E-state index is 0.0392. The van der Waals surface area contributed by atoms with Gasteiger partial charge < -0.3 is 34.1 Å². The van der Waals surface area contributed by atoms with Crippen LogP contribution in [0.1, 0.15) is 67.2 Å². The van der Waals surface area contributed by atoms with Gasteiger partial charge in [-0.05, 0) is 98.5 Å². The summed E-state index contributed by atoms with van der Waals surface area (Å²) in [5.74, 6) is -0.496. The van der Waals surface area contributed by atoms with E-state index in [1.54, 1.807) is 53.7 Å². The van der Waals surface area contributed by atoms with Gasteiger partial charge in [0.2, 0.25) is 5.91 Å². The largest absolute Gasteiger partial charge is 0.495 e. The fourth-order valence-corrected chi connectivity index (χ4v) is 7.34. The van der Waals surface area contributed by atoms with E-state index < -0.39 is 35.3 Å². The maximum atomic E-state index is 14.6. The topological polar surface area (TPSA) is 159 Å². The second-order valence-corrected chi connectivity index (χ2v) is 17.2. The average Bonchev–Trinajstić information content (AvgIpc) is 4.04. The molecule has 1 aliphatic carbocycles. The molecule has 1 N–H and O–H groups in total. The highest BCUT2D eigenvalue weighted by molar-refractivity contribution is 6.43. The van der Waals surface area contributed by atoms with Gasteiger partial charge in [0.25, 0.3) is 0 Å². The Balaban J connectivity index is 1.58. The zero-order valence-electron chi connectivity index (χ0n) is 35.8. The van der Waals surface area contributed by atoms with E-state index in [0.717, 1.165) is 48.9 Å². The molecular weight excluding hydrogens is 815 g/mol. The first kappa shape index (κ1) is 45.8. The summed E-state index contributed by atoms with van der Waals surface area (Å²) in [5.41, 5.74) is -0.946. The average molecular weight is 870 g/mol. The molecule has 1 aliphatic heterocycles. The molecule has 2 aromatic carbocycles. The number of halogens is 2. The number of carbonyl (C=O) groups excluding carboxylic acids is 4. The number of methoxy groups -OCH3 is 2. The van der Waals surface area contributed by atoms with Gasteiger partial charge in [0.1, 0.15) is 56.4 Å². The van der Waals surface area contributed by atoms with Crippen molar-refractivity contribution in [1.82, 2.24) is 14.9 Å². The molecule has 0 unspecified atom stereocenters. The quantitative estimate of drug-likeness (QED) is 0.183. The standard InChI is InChI=1S/C42H54Cl2N8O8/c1-12-34(53)47-28-21-27(50-19-17-26(18-20-50)48(8)25-13-14-25)15-16-29(28)51(39(55)59-41(2,3)4)33-23-32(45-24-46-33)49(9)38(54)52(40(56)60-42(5,6)7)37-35(43)30(57-10)22-31(58-11)36(37)44/h12,15-16,21-26H,1,13-14,17-20H2,2-11H3,(H,47,53). The summed E-state index contributed by atoms with van der Waals surface area (Å²) in [4.78, 5) is 71.9. The van der Waals surface area contributed by atoms with Crippen molar-refractivity contribution in [2.24, 2.45) is 0 Å². The third kappa shape index (κ3) is 10.7. The summed E-state index contributed by atoms with van der Waals surface area (Å²) in [5, 5.41) is 2.50. The lowest BCUT2D eigenvalue weighted by Gasteiger charge is -2.38. The number of carbonyl (C=O) groups is 4. The van der Waals surface area contributed by atoms with Crippen molar-refractivity contribution in [1.29, 1.82) is 0 Å². The summed E-state index contributed by atoms with van der Waals surface area (Å²) in [6, 6.07) is 8.27. The number of benzene rings is 2. The van der Waals surface area contributed by atoms with E-state index in [1.807, 2.05) is 6.07 Å². The third-order valence-electron chi connectivity index (χ3n) is 9.81. The Kier molecular flexibility index (Phi) is 14.1. The molecule has 3 aromatic rings. The molecule has 2 fully saturated rings. The second-order valence-electron chi connectivity index (χ2n) is 16.5. The van der Waals surface area contributed by atoms with Crippen LogP contribution in [0.25, 0.3) is 0 Å². The molecule has 0 atom stereocenters. The van der Waals surface area contributed by atoms with Crippen molar-refractivity contribution < 1.29 is 38.1 Å². The van der Waals surface area contributed by atoms with Crippen LogP contribution in [0.4, 0.5) is 48.8 Å². The van der Waals surface area contributed by atoms with Crippen LogP contribution in [0.5, 0.6) is 11.5 Å². The van der Waals surface area contributed by atoms with Crippen LogP contribution in [0.2, 0.25) is 10.0 Å². The number of anilines is 6. The Morgan fingerprint density at radius 1 is 0.817 bits per heavy atom. The molecule has 1 saturated heterocycles. The van der Waals surface area contributed by atoms with Crippen LogP contribution in [-0.2, 0) is 14.3 Å². The van der Waals surface area contributed by atoms with Gasteiger partial charge in [-0.2, -0.15) is 4.90 Å².